The van der Waals surface area contributed by atoms with Crippen molar-refractivity contribution in [3.8, 4) is 23.0 Å². The number of hydrogen-bond acceptors (Lipinski definition) is 7. The van der Waals surface area contributed by atoms with E-state index in [1.54, 1.807) is 0 Å². The highest BCUT2D eigenvalue weighted by atomic mass is 16.5. The summed E-state index contributed by atoms with van der Waals surface area (Å²) < 4.78 is 4.19. The van der Waals surface area contributed by atoms with Gasteiger partial charge in [0.25, 0.3) is 0 Å². The molecule has 0 saturated carbocycles. The fourth-order valence-corrected chi connectivity index (χ4v) is 1.21. The highest BCUT2D eigenvalue weighted by molar-refractivity contribution is 6.08. The van der Waals surface area contributed by atoms with Crippen molar-refractivity contribution in [3.05, 3.63) is 11.1 Å². The molecule has 5 N–H and O–H groups in total. The van der Waals surface area contributed by atoms with Crippen LogP contribution in [-0.4, -0.2) is 44.6 Å². The number of phenolic OH excluding ortho intramolecular Hbond substituents is 3. The van der Waals surface area contributed by atoms with Crippen LogP contribution in [0.1, 0.15) is 20.7 Å². The number of phenols is 4. The minimum Gasteiger partial charge on any atom is -0.504 e. The van der Waals surface area contributed by atoms with Gasteiger partial charge in [-0.25, -0.2) is 9.59 Å². The van der Waals surface area contributed by atoms with Gasteiger partial charge >= 0.3 is 11.9 Å². The molecule has 0 atom stereocenters. The van der Waals surface area contributed by atoms with E-state index in [2.05, 4.69) is 4.74 Å². The third kappa shape index (κ3) is 1.75. The Hall–Kier alpha value is -2.64. The van der Waals surface area contributed by atoms with Gasteiger partial charge in [0, 0.05) is 0 Å². The Kier molecular flexibility index (Phi) is 2.98. The van der Waals surface area contributed by atoms with Gasteiger partial charge in [0.05, 0.1) is 7.11 Å². The summed E-state index contributed by atoms with van der Waals surface area (Å²) in [6.07, 6.45) is 0. The van der Waals surface area contributed by atoms with E-state index in [4.69, 9.17) is 15.3 Å². The number of esters is 1. The average molecular weight is 244 g/mol. The van der Waals surface area contributed by atoms with E-state index in [1.807, 2.05) is 0 Å². The summed E-state index contributed by atoms with van der Waals surface area (Å²) in [4.78, 5) is 22.0. The zero-order valence-electron chi connectivity index (χ0n) is 8.46. The number of aromatic carboxylic acids is 1. The lowest BCUT2D eigenvalue weighted by Crippen LogP contribution is -2.11. The van der Waals surface area contributed by atoms with Gasteiger partial charge in [-0.2, -0.15) is 0 Å². The fraction of sp³-hybridized carbons (Fsp3) is 0.111. The number of aromatic hydroxyl groups is 4. The molecule has 0 amide bonds. The smallest absolute Gasteiger partial charge is 0.342 e. The second-order valence-corrected chi connectivity index (χ2v) is 2.94. The van der Waals surface area contributed by atoms with E-state index in [0.29, 0.717) is 0 Å². The summed E-state index contributed by atoms with van der Waals surface area (Å²) in [5, 5.41) is 45.7. The van der Waals surface area contributed by atoms with Gasteiger partial charge in [0.1, 0.15) is 11.1 Å². The van der Waals surface area contributed by atoms with Crippen molar-refractivity contribution >= 4 is 11.9 Å². The third-order valence-electron chi connectivity index (χ3n) is 2.00. The average Bonchev–Trinajstić information content (AvgIpc) is 2.29. The van der Waals surface area contributed by atoms with Crippen LogP contribution >= 0.6 is 0 Å². The molecule has 8 nitrogen and oxygen atoms in total. The number of hydrogen-bond donors (Lipinski definition) is 5. The maximum absolute atomic E-state index is 11.2. The molecular formula is C9H8O8. The van der Waals surface area contributed by atoms with Crippen molar-refractivity contribution in [3.63, 3.8) is 0 Å². The maximum Gasteiger partial charge on any atom is 0.342 e. The molecule has 0 unspecified atom stereocenters. The SMILES string of the molecule is COC(=O)c1c(O)c(O)c(O)c(O)c1C(=O)O. The Bertz CT molecular complexity index is 504. The van der Waals surface area contributed by atoms with E-state index in [1.165, 1.54) is 0 Å². The first-order valence-electron chi connectivity index (χ1n) is 4.14. The molecule has 92 valence electrons. The van der Waals surface area contributed by atoms with Gasteiger partial charge < -0.3 is 30.3 Å². The largest absolute Gasteiger partial charge is 0.504 e. The molecule has 0 heterocycles. The van der Waals surface area contributed by atoms with Crippen LogP contribution in [0.15, 0.2) is 0 Å². The van der Waals surface area contributed by atoms with Gasteiger partial charge in [0.2, 0.25) is 11.5 Å². The van der Waals surface area contributed by atoms with Crippen LogP contribution in [0.2, 0.25) is 0 Å². The summed E-state index contributed by atoms with van der Waals surface area (Å²) >= 11 is 0. The zero-order chi connectivity index (χ0) is 13.3. The minimum absolute atomic E-state index is 0.911. The Morgan fingerprint density at radius 3 is 1.65 bits per heavy atom. The summed E-state index contributed by atoms with van der Waals surface area (Å²) in [6.45, 7) is 0. The molecule has 17 heavy (non-hydrogen) atoms. The van der Waals surface area contributed by atoms with Crippen LogP contribution < -0.4 is 0 Å². The lowest BCUT2D eigenvalue weighted by molar-refractivity contribution is 0.0576. The van der Waals surface area contributed by atoms with Crippen LogP contribution in [0.5, 0.6) is 23.0 Å². The van der Waals surface area contributed by atoms with Crippen molar-refractivity contribution < 1.29 is 39.9 Å². The molecule has 0 aliphatic carbocycles. The lowest BCUT2D eigenvalue weighted by atomic mass is 10.0. The molecule has 0 saturated heterocycles. The first-order chi connectivity index (χ1) is 7.82. The summed E-state index contributed by atoms with van der Waals surface area (Å²) in [5.74, 6) is -7.96. The number of methoxy groups -OCH3 is 1. The van der Waals surface area contributed by atoms with Crippen molar-refractivity contribution in [1.82, 2.24) is 0 Å². The Morgan fingerprint density at radius 1 is 0.882 bits per heavy atom. The highest BCUT2D eigenvalue weighted by Gasteiger charge is 2.31. The Balaban J connectivity index is 3.78. The number of benzene rings is 1. The Labute approximate surface area is 93.9 Å². The quantitative estimate of drug-likeness (QED) is 0.277. The van der Waals surface area contributed by atoms with Crippen LogP contribution in [0.3, 0.4) is 0 Å². The van der Waals surface area contributed by atoms with E-state index >= 15 is 0 Å². The second-order valence-electron chi connectivity index (χ2n) is 2.94. The Morgan fingerprint density at radius 2 is 1.29 bits per heavy atom. The van der Waals surface area contributed by atoms with Crippen LogP contribution in [-0.2, 0) is 4.74 Å². The van der Waals surface area contributed by atoms with Crippen molar-refractivity contribution in [1.29, 1.82) is 0 Å². The highest BCUT2D eigenvalue weighted by Crippen LogP contribution is 2.47. The van der Waals surface area contributed by atoms with Gasteiger partial charge in [-0.1, -0.05) is 0 Å². The third-order valence-corrected chi connectivity index (χ3v) is 2.00. The molecule has 0 spiro atoms. The molecule has 1 aromatic rings. The molecule has 0 aliphatic heterocycles. The number of carbonyl (C=O) groups excluding carboxylic acids is 1. The van der Waals surface area contributed by atoms with Crippen LogP contribution in [0.25, 0.3) is 0 Å². The summed E-state index contributed by atoms with van der Waals surface area (Å²) in [7, 11) is 0.911. The minimum atomic E-state index is -1.78. The zero-order valence-corrected chi connectivity index (χ0v) is 8.46. The van der Waals surface area contributed by atoms with E-state index < -0.39 is 46.1 Å². The van der Waals surface area contributed by atoms with Gasteiger partial charge in [-0.15, -0.1) is 0 Å². The van der Waals surface area contributed by atoms with E-state index in [9.17, 15) is 19.8 Å². The number of carboxylic acids is 1. The number of rotatable bonds is 2. The van der Waals surface area contributed by atoms with Crippen LogP contribution in [0.4, 0.5) is 0 Å². The van der Waals surface area contributed by atoms with Crippen LogP contribution in [0, 0.1) is 0 Å². The monoisotopic (exact) mass is 244 g/mol. The van der Waals surface area contributed by atoms with Crippen molar-refractivity contribution in [2.45, 2.75) is 0 Å². The van der Waals surface area contributed by atoms with E-state index in [0.717, 1.165) is 7.11 Å². The summed E-state index contributed by atoms with van der Waals surface area (Å²) in [5.41, 5.74) is -2.02. The van der Waals surface area contributed by atoms with Crippen molar-refractivity contribution in [2.75, 3.05) is 7.11 Å². The topological polar surface area (TPSA) is 145 Å². The lowest BCUT2D eigenvalue weighted by Gasteiger charge is -2.11. The van der Waals surface area contributed by atoms with Gasteiger partial charge in [-0.05, 0) is 0 Å². The second kappa shape index (κ2) is 4.08. The summed E-state index contributed by atoms with van der Waals surface area (Å²) in [6, 6.07) is 0. The van der Waals surface area contributed by atoms with Gasteiger partial charge in [0.15, 0.2) is 11.5 Å². The number of carboxylic acid groups (broad SMARTS) is 1. The van der Waals surface area contributed by atoms with E-state index in [-0.39, 0.29) is 0 Å². The van der Waals surface area contributed by atoms with Crippen molar-refractivity contribution in [2.24, 2.45) is 0 Å². The normalized spacial score (nSPS) is 9.94. The fourth-order valence-electron chi connectivity index (χ4n) is 1.21. The number of ether oxygens (including phenoxy) is 1. The first-order valence-corrected chi connectivity index (χ1v) is 4.14. The standard InChI is InChI=1S/C9H8O8/c1-17-9(16)3-2(8(14)15)4(10)6(12)7(13)5(3)11/h10-13H,1H3,(H,14,15). The molecule has 1 aromatic carbocycles. The maximum atomic E-state index is 11.2. The predicted octanol–water partition coefficient (Wildman–Crippen LogP) is -0.00620. The predicted molar refractivity (Wildman–Crippen MR) is 51.4 cm³/mol. The van der Waals surface area contributed by atoms with Gasteiger partial charge in [-0.3, -0.25) is 0 Å². The first kappa shape index (κ1) is 12.4. The molecule has 8 heteroatoms. The molecule has 0 bridgehead atoms. The molecular weight excluding hydrogens is 236 g/mol. The molecule has 0 aliphatic rings. The molecule has 0 fully saturated rings. The molecule has 1 rings (SSSR count). The molecule has 0 radical (unpaired) electrons. The molecule has 0 aromatic heterocycles. The number of carbonyl (C=O) groups is 2.